The zero-order chi connectivity index (χ0) is 13.0. The number of likely N-dealkylation sites (tertiary alicyclic amines) is 1. The molecule has 1 fully saturated rings. The first-order valence-corrected chi connectivity index (χ1v) is 6.57. The molecule has 100 valence electrons. The molecule has 18 heavy (non-hydrogen) atoms. The van der Waals surface area contributed by atoms with Gasteiger partial charge in [-0.25, -0.2) is 0 Å². The second kappa shape index (κ2) is 5.89. The lowest BCUT2D eigenvalue weighted by Crippen LogP contribution is -2.45. The summed E-state index contributed by atoms with van der Waals surface area (Å²) in [6.07, 6.45) is 2.55. The van der Waals surface area contributed by atoms with Gasteiger partial charge in [0.05, 0.1) is 12.2 Å². The van der Waals surface area contributed by atoms with E-state index in [0.717, 1.165) is 36.4 Å². The Labute approximate surface area is 108 Å². The van der Waals surface area contributed by atoms with Crippen LogP contribution in [-0.2, 0) is 6.54 Å². The van der Waals surface area contributed by atoms with Gasteiger partial charge in [-0.15, -0.1) is 0 Å². The predicted octanol–water partition coefficient (Wildman–Crippen LogP) is 1.79. The van der Waals surface area contributed by atoms with Gasteiger partial charge in [-0.05, 0) is 25.7 Å². The third kappa shape index (κ3) is 3.24. The summed E-state index contributed by atoms with van der Waals surface area (Å²) >= 11 is 0. The zero-order valence-corrected chi connectivity index (χ0v) is 11.4. The molecule has 5 nitrogen and oxygen atoms in total. The summed E-state index contributed by atoms with van der Waals surface area (Å²) in [5.74, 6) is 2.54. The molecule has 1 atom stereocenters. The van der Waals surface area contributed by atoms with Crippen molar-refractivity contribution in [2.24, 2.45) is 10.9 Å². The number of hydrogen-bond donors (Lipinski definition) is 1. The van der Waals surface area contributed by atoms with Crippen LogP contribution in [0.25, 0.3) is 0 Å². The smallest absolute Gasteiger partial charge is 0.194 e. The number of piperidine rings is 1. The molecule has 1 N–H and O–H groups in total. The molecule has 1 unspecified atom stereocenters. The SMILES string of the molecule is CN=C(NCc1cc(C)no1)N1CCCC(C)C1. The summed E-state index contributed by atoms with van der Waals surface area (Å²) in [7, 11) is 1.83. The third-order valence-electron chi connectivity index (χ3n) is 3.27. The number of aryl methyl sites for hydroxylation is 1. The molecule has 1 aromatic rings. The normalized spacial score (nSPS) is 21.2. The highest BCUT2D eigenvalue weighted by Crippen LogP contribution is 2.15. The molecule has 2 heterocycles. The van der Waals surface area contributed by atoms with Crippen LogP contribution in [0.4, 0.5) is 0 Å². The minimum absolute atomic E-state index is 0.637. The van der Waals surface area contributed by atoms with Crippen molar-refractivity contribution in [2.45, 2.75) is 33.2 Å². The predicted molar refractivity (Wildman–Crippen MR) is 71.4 cm³/mol. The van der Waals surface area contributed by atoms with Crippen LogP contribution < -0.4 is 5.32 Å². The van der Waals surface area contributed by atoms with Gasteiger partial charge < -0.3 is 14.7 Å². The van der Waals surface area contributed by atoms with E-state index in [-0.39, 0.29) is 0 Å². The second-order valence-electron chi connectivity index (χ2n) is 5.03. The maximum Gasteiger partial charge on any atom is 0.194 e. The van der Waals surface area contributed by atoms with E-state index >= 15 is 0 Å². The number of aliphatic imine (C=N–C) groups is 1. The first-order valence-electron chi connectivity index (χ1n) is 6.57. The first kappa shape index (κ1) is 12.9. The van der Waals surface area contributed by atoms with Crippen LogP contribution in [0.3, 0.4) is 0 Å². The molecule has 0 saturated carbocycles. The van der Waals surface area contributed by atoms with Crippen LogP contribution in [0, 0.1) is 12.8 Å². The maximum atomic E-state index is 5.18. The van der Waals surface area contributed by atoms with Crippen LogP contribution in [0.5, 0.6) is 0 Å². The van der Waals surface area contributed by atoms with E-state index in [1.54, 1.807) is 0 Å². The van der Waals surface area contributed by atoms with Crippen LogP contribution in [0.15, 0.2) is 15.6 Å². The quantitative estimate of drug-likeness (QED) is 0.642. The van der Waals surface area contributed by atoms with E-state index in [1.807, 2.05) is 20.0 Å². The van der Waals surface area contributed by atoms with E-state index in [9.17, 15) is 0 Å². The van der Waals surface area contributed by atoms with Crippen molar-refractivity contribution in [3.63, 3.8) is 0 Å². The van der Waals surface area contributed by atoms with E-state index in [2.05, 4.69) is 27.3 Å². The van der Waals surface area contributed by atoms with Crippen molar-refractivity contribution < 1.29 is 4.52 Å². The first-order chi connectivity index (χ1) is 8.69. The topological polar surface area (TPSA) is 53.7 Å². The van der Waals surface area contributed by atoms with Gasteiger partial charge in [0.15, 0.2) is 11.7 Å². The number of aromatic nitrogens is 1. The molecule has 0 aromatic carbocycles. The van der Waals surface area contributed by atoms with E-state index in [1.165, 1.54) is 12.8 Å². The molecule has 1 aromatic heterocycles. The van der Waals surface area contributed by atoms with Crippen molar-refractivity contribution in [3.8, 4) is 0 Å². The lowest BCUT2D eigenvalue weighted by Gasteiger charge is -2.33. The Hall–Kier alpha value is -1.52. The number of hydrogen-bond acceptors (Lipinski definition) is 3. The fourth-order valence-electron chi connectivity index (χ4n) is 2.38. The summed E-state index contributed by atoms with van der Waals surface area (Å²) < 4.78 is 5.18. The minimum Gasteiger partial charge on any atom is -0.359 e. The lowest BCUT2D eigenvalue weighted by atomic mass is 10.0. The van der Waals surface area contributed by atoms with Crippen LogP contribution in [0.2, 0.25) is 0 Å². The highest BCUT2D eigenvalue weighted by atomic mass is 16.5. The summed E-state index contributed by atoms with van der Waals surface area (Å²) in [4.78, 5) is 6.65. The Morgan fingerprint density at radius 3 is 3.11 bits per heavy atom. The van der Waals surface area contributed by atoms with Crippen molar-refractivity contribution in [3.05, 3.63) is 17.5 Å². The number of nitrogens with zero attached hydrogens (tertiary/aromatic N) is 3. The maximum absolute atomic E-state index is 5.18. The number of guanidine groups is 1. The lowest BCUT2D eigenvalue weighted by molar-refractivity contribution is 0.264. The molecule has 0 amide bonds. The molecule has 2 rings (SSSR count). The molecule has 1 saturated heterocycles. The van der Waals surface area contributed by atoms with Gasteiger partial charge in [0, 0.05) is 26.2 Å². The summed E-state index contributed by atoms with van der Waals surface area (Å²) in [6.45, 7) is 7.01. The van der Waals surface area contributed by atoms with E-state index < -0.39 is 0 Å². The Balaban J connectivity index is 1.89. The molecule has 0 radical (unpaired) electrons. The van der Waals surface area contributed by atoms with Gasteiger partial charge in [-0.1, -0.05) is 12.1 Å². The summed E-state index contributed by atoms with van der Waals surface area (Å²) in [5, 5.41) is 7.21. The highest BCUT2D eigenvalue weighted by Gasteiger charge is 2.19. The number of nitrogens with one attached hydrogen (secondary N) is 1. The fourth-order valence-corrected chi connectivity index (χ4v) is 2.38. The van der Waals surface area contributed by atoms with Gasteiger partial charge in [0.25, 0.3) is 0 Å². The van der Waals surface area contributed by atoms with Gasteiger partial charge in [-0.2, -0.15) is 0 Å². The Bertz CT molecular complexity index is 413. The monoisotopic (exact) mass is 250 g/mol. The van der Waals surface area contributed by atoms with Crippen LogP contribution >= 0.6 is 0 Å². The molecule has 1 aliphatic heterocycles. The minimum atomic E-state index is 0.637. The average molecular weight is 250 g/mol. The van der Waals surface area contributed by atoms with Crippen molar-refractivity contribution in [2.75, 3.05) is 20.1 Å². The summed E-state index contributed by atoms with van der Waals surface area (Å²) in [5.41, 5.74) is 0.911. The summed E-state index contributed by atoms with van der Waals surface area (Å²) in [6, 6.07) is 1.94. The largest absolute Gasteiger partial charge is 0.359 e. The van der Waals surface area contributed by atoms with Gasteiger partial charge >= 0.3 is 0 Å². The highest BCUT2D eigenvalue weighted by molar-refractivity contribution is 5.79. The number of rotatable bonds is 2. The third-order valence-corrected chi connectivity index (χ3v) is 3.27. The molecule has 0 aliphatic carbocycles. The Morgan fingerprint density at radius 2 is 2.50 bits per heavy atom. The zero-order valence-electron chi connectivity index (χ0n) is 11.4. The van der Waals surface area contributed by atoms with Gasteiger partial charge in [-0.3, -0.25) is 4.99 Å². The molecular formula is C13H22N4O. The molecule has 0 spiro atoms. The Morgan fingerprint density at radius 1 is 1.67 bits per heavy atom. The fraction of sp³-hybridized carbons (Fsp3) is 0.692. The van der Waals surface area contributed by atoms with Crippen LogP contribution in [0.1, 0.15) is 31.2 Å². The van der Waals surface area contributed by atoms with Crippen molar-refractivity contribution in [1.82, 2.24) is 15.4 Å². The van der Waals surface area contributed by atoms with Crippen molar-refractivity contribution in [1.29, 1.82) is 0 Å². The van der Waals surface area contributed by atoms with Crippen LogP contribution in [-0.4, -0.2) is 36.2 Å². The van der Waals surface area contributed by atoms with Gasteiger partial charge in [0.2, 0.25) is 0 Å². The Kier molecular flexibility index (Phi) is 4.23. The average Bonchev–Trinajstić information content (AvgIpc) is 2.76. The van der Waals surface area contributed by atoms with Crippen molar-refractivity contribution >= 4 is 5.96 Å². The van der Waals surface area contributed by atoms with Gasteiger partial charge in [0.1, 0.15) is 0 Å². The second-order valence-corrected chi connectivity index (χ2v) is 5.03. The van der Waals surface area contributed by atoms with E-state index in [0.29, 0.717) is 6.54 Å². The molecule has 1 aliphatic rings. The molecule has 0 bridgehead atoms. The van der Waals surface area contributed by atoms with E-state index in [4.69, 9.17) is 4.52 Å². The molecule has 5 heteroatoms. The molecular weight excluding hydrogens is 228 g/mol. The standard InChI is InChI=1S/C13H22N4O/c1-10-5-4-6-17(9-10)13(14-3)15-8-12-7-11(2)16-18-12/h7,10H,4-6,8-9H2,1-3H3,(H,14,15).